The van der Waals surface area contributed by atoms with Crippen LogP contribution >= 0.6 is 0 Å². The molecule has 5 rings (SSSR count). The van der Waals surface area contributed by atoms with Gasteiger partial charge in [-0.2, -0.15) is 5.10 Å². The van der Waals surface area contributed by atoms with E-state index in [9.17, 15) is 18.4 Å². The summed E-state index contributed by atoms with van der Waals surface area (Å²) in [5.74, 6) is -1.11. The summed E-state index contributed by atoms with van der Waals surface area (Å²) in [5.41, 5.74) is 4.31. The maximum absolute atomic E-state index is 13.8. The summed E-state index contributed by atoms with van der Waals surface area (Å²) in [4.78, 5) is 29.7. The van der Waals surface area contributed by atoms with Crippen LogP contribution in [-0.4, -0.2) is 60.0 Å². The highest BCUT2D eigenvalue weighted by molar-refractivity contribution is 6.04. The standard InChI is InChI=1S/C31H31F2N5O2/c1-37-14-16-38(17-15-37)26-10-7-23(8-11-26)31(40)34-30-20-29(35-36-30)22-5-2-21(3-6-22)4-12-27(39)19-24-18-25(32)9-13-28(24)33/h2-3,5-11,13,18,20H,4,12,14-17,19H2,1H3,(H2,34,35,36,40). The van der Waals surface area contributed by atoms with E-state index in [2.05, 4.69) is 32.4 Å². The van der Waals surface area contributed by atoms with Gasteiger partial charge in [-0.15, -0.1) is 0 Å². The third-order valence-corrected chi connectivity index (χ3v) is 7.17. The molecule has 1 aliphatic rings. The Morgan fingerprint density at radius 2 is 1.65 bits per heavy atom. The van der Waals surface area contributed by atoms with Gasteiger partial charge < -0.3 is 15.1 Å². The number of aryl methyl sites for hydroxylation is 1. The molecule has 0 atom stereocenters. The molecule has 1 amide bonds. The molecule has 7 nitrogen and oxygen atoms in total. The van der Waals surface area contributed by atoms with E-state index < -0.39 is 11.6 Å². The second kappa shape index (κ2) is 12.2. The lowest BCUT2D eigenvalue weighted by atomic mass is 10.0. The molecule has 1 aromatic heterocycles. The van der Waals surface area contributed by atoms with E-state index >= 15 is 0 Å². The van der Waals surface area contributed by atoms with E-state index in [1.807, 2.05) is 48.5 Å². The molecule has 0 saturated carbocycles. The fourth-order valence-corrected chi connectivity index (χ4v) is 4.72. The van der Waals surface area contributed by atoms with E-state index in [0.717, 1.165) is 66.9 Å². The molecule has 0 aliphatic carbocycles. The summed E-state index contributed by atoms with van der Waals surface area (Å²) in [7, 11) is 2.12. The quantitative estimate of drug-likeness (QED) is 0.307. The number of amides is 1. The number of nitrogens with one attached hydrogen (secondary N) is 2. The SMILES string of the molecule is CN1CCN(c2ccc(C(=O)Nc3cc(-c4ccc(CCC(=O)Cc5cc(F)ccc5F)cc4)[nH]n3)cc2)CC1. The van der Waals surface area contributed by atoms with Crippen LogP contribution in [-0.2, 0) is 17.6 Å². The number of aromatic nitrogens is 2. The molecule has 0 bridgehead atoms. The molecule has 3 aromatic carbocycles. The number of hydrogen-bond acceptors (Lipinski definition) is 5. The number of nitrogens with zero attached hydrogens (tertiary/aromatic N) is 3. The fourth-order valence-electron chi connectivity index (χ4n) is 4.72. The van der Waals surface area contributed by atoms with E-state index in [1.54, 1.807) is 6.07 Å². The number of likely N-dealkylation sites (N-methyl/N-ethyl adjacent to an activating group) is 1. The maximum Gasteiger partial charge on any atom is 0.256 e. The van der Waals surface area contributed by atoms with Crippen LogP contribution in [0.1, 0.15) is 27.9 Å². The molecule has 0 radical (unpaired) electrons. The van der Waals surface area contributed by atoms with Crippen LogP contribution in [0.2, 0.25) is 0 Å². The van der Waals surface area contributed by atoms with Crippen molar-refractivity contribution < 1.29 is 18.4 Å². The lowest BCUT2D eigenvalue weighted by molar-refractivity contribution is -0.118. The van der Waals surface area contributed by atoms with Gasteiger partial charge >= 0.3 is 0 Å². The summed E-state index contributed by atoms with van der Waals surface area (Å²) < 4.78 is 27.1. The molecule has 40 heavy (non-hydrogen) atoms. The van der Waals surface area contributed by atoms with Crippen LogP contribution in [0.4, 0.5) is 20.3 Å². The average Bonchev–Trinajstić information content (AvgIpc) is 3.43. The lowest BCUT2D eigenvalue weighted by Crippen LogP contribution is -2.44. The number of halogens is 2. The molecular weight excluding hydrogens is 512 g/mol. The molecule has 0 unspecified atom stereocenters. The topological polar surface area (TPSA) is 81.3 Å². The summed E-state index contributed by atoms with van der Waals surface area (Å²) in [6.45, 7) is 3.98. The van der Waals surface area contributed by atoms with Gasteiger partial charge in [0.25, 0.3) is 5.91 Å². The molecule has 2 heterocycles. The van der Waals surface area contributed by atoms with Gasteiger partial charge in [-0.25, -0.2) is 8.78 Å². The van der Waals surface area contributed by atoms with Crippen molar-refractivity contribution in [2.24, 2.45) is 0 Å². The van der Waals surface area contributed by atoms with Gasteiger partial charge in [0.05, 0.1) is 5.69 Å². The van der Waals surface area contributed by atoms with Gasteiger partial charge in [0, 0.05) is 56.3 Å². The van der Waals surface area contributed by atoms with Crippen molar-refractivity contribution in [2.45, 2.75) is 19.3 Å². The first kappa shape index (κ1) is 27.2. The van der Waals surface area contributed by atoms with Gasteiger partial charge in [0.1, 0.15) is 17.4 Å². The predicted octanol–water partition coefficient (Wildman–Crippen LogP) is 5.10. The Bertz CT molecular complexity index is 1480. The molecule has 2 N–H and O–H groups in total. The summed E-state index contributed by atoms with van der Waals surface area (Å²) >= 11 is 0. The summed E-state index contributed by atoms with van der Waals surface area (Å²) in [6.07, 6.45) is 0.588. The minimum atomic E-state index is -0.576. The Hall–Kier alpha value is -4.37. The first-order chi connectivity index (χ1) is 19.3. The molecule has 1 aliphatic heterocycles. The highest BCUT2D eigenvalue weighted by atomic mass is 19.1. The summed E-state index contributed by atoms with van der Waals surface area (Å²) in [6, 6.07) is 20.1. The number of hydrogen-bond donors (Lipinski definition) is 2. The first-order valence-electron chi connectivity index (χ1n) is 13.3. The van der Waals surface area contributed by atoms with Crippen molar-refractivity contribution in [2.75, 3.05) is 43.4 Å². The molecular formula is C31H31F2N5O2. The van der Waals surface area contributed by atoms with Gasteiger partial charge in [-0.1, -0.05) is 24.3 Å². The highest BCUT2D eigenvalue weighted by Gasteiger charge is 2.16. The zero-order valence-corrected chi connectivity index (χ0v) is 22.3. The van der Waals surface area contributed by atoms with Gasteiger partial charge in [-0.05, 0) is 72.6 Å². The second-order valence-corrected chi connectivity index (χ2v) is 10.1. The average molecular weight is 544 g/mol. The number of carbonyl (C=O) groups is 2. The van der Waals surface area contributed by atoms with Gasteiger partial charge in [0.2, 0.25) is 0 Å². The van der Waals surface area contributed by atoms with Crippen molar-refractivity contribution in [3.05, 3.63) is 101 Å². The number of aromatic amines is 1. The van der Waals surface area contributed by atoms with Crippen LogP contribution in [0.3, 0.4) is 0 Å². The number of benzene rings is 3. The molecule has 206 valence electrons. The van der Waals surface area contributed by atoms with Crippen LogP contribution in [0.25, 0.3) is 11.3 Å². The minimum Gasteiger partial charge on any atom is -0.369 e. The molecule has 4 aromatic rings. The Balaban J connectivity index is 1.13. The van der Waals surface area contributed by atoms with Crippen molar-refractivity contribution in [3.8, 4) is 11.3 Å². The van der Waals surface area contributed by atoms with Crippen LogP contribution in [0, 0.1) is 11.6 Å². The fraction of sp³-hybridized carbons (Fsp3) is 0.258. The smallest absolute Gasteiger partial charge is 0.256 e. The number of anilines is 2. The number of rotatable bonds is 9. The third-order valence-electron chi connectivity index (χ3n) is 7.17. The highest BCUT2D eigenvalue weighted by Crippen LogP contribution is 2.22. The predicted molar refractivity (Wildman–Crippen MR) is 152 cm³/mol. The monoisotopic (exact) mass is 543 g/mol. The number of Topliss-reactive ketones (excluding diaryl/α,β-unsaturated/α-hetero) is 1. The Labute approximate surface area is 231 Å². The van der Waals surface area contributed by atoms with E-state index in [0.29, 0.717) is 17.8 Å². The number of piperazine rings is 1. The zero-order chi connectivity index (χ0) is 28.1. The van der Waals surface area contributed by atoms with E-state index in [-0.39, 0.29) is 30.1 Å². The Morgan fingerprint density at radius 1 is 0.925 bits per heavy atom. The lowest BCUT2D eigenvalue weighted by Gasteiger charge is -2.34. The molecule has 1 saturated heterocycles. The maximum atomic E-state index is 13.8. The first-order valence-corrected chi connectivity index (χ1v) is 13.3. The molecule has 1 fully saturated rings. The van der Waals surface area contributed by atoms with Crippen molar-refractivity contribution >= 4 is 23.2 Å². The van der Waals surface area contributed by atoms with E-state index in [4.69, 9.17) is 0 Å². The number of carbonyl (C=O) groups excluding carboxylic acids is 2. The third kappa shape index (κ3) is 6.79. The van der Waals surface area contributed by atoms with Crippen LogP contribution < -0.4 is 10.2 Å². The van der Waals surface area contributed by atoms with Crippen LogP contribution in [0.5, 0.6) is 0 Å². The van der Waals surface area contributed by atoms with Crippen LogP contribution in [0.15, 0.2) is 72.8 Å². The van der Waals surface area contributed by atoms with E-state index in [1.165, 1.54) is 0 Å². The zero-order valence-electron chi connectivity index (χ0n) is 22.3. The van der Waals surface area contributed by atoms with Gasteiger partial charge in [0.15, 0.2) is 5.82 Å². The van der Waals surface area contributed by atoms with Crippen molar-refractivity contribution in [1.82, 2.24) is 15.1 Å². The minimum absolute atomic E-state index is 0.0742. The Kier molecular flexibility index (Phi) is 8.31. The van der Waals surface area contributed by atoms with Gasteiger partial charge in [-0.3, -0.25) is 14.7 Å². The Morgan fingerprint density at radius 3 is 2.38 bits per heavy atom. The summed E-state index contributed by atoms with van der Waals surface area (Å²) in [5, 5.41) is 10.0. The van der Waals surface area contributed by atoms with Crippen molar-refractivity contribution in [3.63, 3.8) is 0 Å². The largest absolute Gasteiger partial charge is 0.369 e. The molecule has 9 heteroatoms. The number of H-pyrrole nitrogens is 1. The number of ketones is 1. The van der Waals surface area contributed by atoms with Crippen molar-refractivity contribution in [1.29, 1.82) is 0 Å². The normalized spacial score (nSPS) is 13.8. The second-order valence-electron chi connectivity index (χ2n) is 10.1. The molecule has 0 spiro atoms.